The third-order valence-corrected chi connectivity index (χ3v) is 4.89. The molecule has 0 bridgehead atoms. The predicted octanol–water partition coefficient (Wildman–Crippen LogP) is 4.81. The molecule has 0 spiro atoms. The Morgan fingerprint density at radius 1 is 0.769 bits per heavy atom. The molecule has 138 valence electrons. The maximum absolute atomic E-state index is 12.1. The number of hydrogen-bond acceptors (Lipinski definition) is 4. The molecule has 2 N–H and O–H groups in total. The van der Waals surface area contributed by atoms with E-state index in [2.05, 4.69) is 42.5 Å². The molecule has 0 aliphatic rings. The molecule has 26 heavy (non-hydrogen) atoms. The van der Waals surface area contributed by atoms with Crippen molar-refractivity contribution < 1.29 is 4.79 Å². The Morgan fingerprint density at radius 3 is 1.85 bits per heavy atom. The normalized spacial score (nSPS) is 10.4. The molecule has 0 saturated heterocycles. The van der Waals surface area contributed by atoms with Gasteiger partial charge in [-0.25, -0.2) is 0 Å². The molecular formula is C21H26N2OS2. The summed E-state index contributed by atoms with van der Waals surface area (Å²) < 4.78 is 0. The first-order chi connectivity index (χ1) is 12.6. The third-order valence-electron chi connectivity index (χ3n) is 4.11. The highest BCUT2D eigenvalue weighted by Gasteiger charge is 2.07. The van der Waals surface area contributed by atoms with Gasteiger partial charge < -0.3 is 10.6 Å². The van der Waals surface area contributed by atoms with Gasteiger partial charge in [0.25, 0.3) is 5.91 Å². The van der Waals surface area contributed by atoms with Crippen molar-refractivity contribution in [2.45, 2.75) is 35.5 Å². The molecule has 1 amide bonds. The van der Waals surface area contributed by atoms with Crippen LogP contribution in [0.4, 0.5) is 0 Å². The smallest absolute Gasteiger partial charge is 0.252 e. The largest absolute Gasteiger partial charge is 0.385 e. The Balaban J connectivity index is 1.55. The lowest BCUT2D eigenvalue weighted by atomic mass is 10.1. The summed E-state index contributed by atoms with van der Waals surface area (Å²) in [5.41, 5.74) is 2.58. The lowest BCUT2D eigenvalue weighted by Gasteiger charge is -2.11. The molecule has 0 aliphatic heterocycles. The van der Waals surface area contributed by atoms with Crippen molar-refractivity contribution in [1.29, 1.82) is 0 Å². The van der Waals surface area contributed by atoms with Crippen molar-refractivity contribution in [3.63, 3.8) is 0 Å². The molecule has 3 nitrogen and oxygen atoms in total. The van der Waals surface area contributed by atoms with E-state index < -0.39 is 0 Å². The van der Waals surface area contributed by atoms with E-state index in [0.29, 0.717) is 17.0 Å². The van der Waals surface area contributed by atoms with Gasteiger partial charge in [-0.2, -0.15) is 0 Å². The van der Waals surface area contributed by atoms with Gasteiger partial charge in [0.15, 0.2) is 0 Å². The molecule has 0 radical (unpaired) electrons. The van der Waals surface area contributed by atoms with E-state index in [0.717, 1.165) is 48.4 Å². The molecule has 0 aromatic heterocycles. The van der Waals surface area contributed by atoms with Crippen LogP contribution in [0, 0.1) is 0 Å². The van der Waals surface area contributed by atoms with Crippen molar-refractivity contribution >= 4 is 36.9 Å². The summed E-state index contributed by atoms with van der Waals surface area (Å²) in [6, 6.07) is 15.3. The molecule has 0 heterocycles. The van der Waals surface area contributed by atoms with Crippen LogP contribution in [-0.4, -0.2) is 19.0 Å². The van der Waals surface area contributed by atoms with E-state index in [1.807, 2.05) is 42.5 Å². The Labute approximate surface area is 167 Å². The second-order valence-electron chi connectivity index (χ2n) is 6.11. The average molecular weight is 387 g/mol. The van der Waals surface area contributed by atoms with Gasteiger partial charge in [0.2, 0.25) is 0 Å². The maximum atomic E-state index is 12.1. The summed E-state index contributed by atoms with van der Waals surface area (Å²) in [4.78, 5) is 13.7. The van der Waals surface area contributed by atoms with E-state index in [-0.39, 0.29) is 5.91 Å². The Bertz CT molecular complexity index is 683. The minimum absolute atomic E-state index is 0.0565. The Kier molecular flexibility index (Phi) is 8.65. The van der Waals surface area contributed by atoms with Gasteiger partial charge in [-0.1, -0.05) is 49.8 Å². The third kappa shape index (κ3) is 6.46. The van der Waals surface area contributed by atoms with Crippen molar-refractivity contribution in [2.75, 3.05) is 13.1 Å². The minimum atomic E-state index is -0.0565. The molecule has 0 aliphatic carbocycles. The van der Waals surface area contributed by atoms with E-state index in [1.54, 1.807) is 6.07 Å². The number of amides is 1. The molecule has 2 rings (SSSR count). The van der Waals surface area contributed by atoms with Crippen LogP contribution >= 0.6 is 25.3 Å². The summed E-state index contributed by atoms with van der Waals surface area (Å²) in [5.74, 6) is -0.0565. The lowest BCUT2D eigenvalue weighted by molar-refractivity contribution is 0.0950. The molecule has 0 atom stereocenters. The van der Waals surface area contributed by atoms with Gasteiger partial charge >= 0.3 is 0 Å². The number of unbranched alkanes of at least 4 members (excludes halogenated alkanes) is 3. The van der Waals surface area contributed by atoms with Gasteiger partial charge in [0, 0.05) is 34.1 Å². The molecule has 0 unspecified atom stereocenters. The highest BCUT2D eigenvalue weighted by atomic mass is 32.1. The predicted molar refractivity (Wildman–Crippen MR) is 115 cm³/mol. The van der Waals surface area contributed by atoms with E-state index >= 15 is 0 Å². The second kappa shape index (κ2) is 11.0. The number of carbonyl (C=O) groups excluding carboxylic acids is 1. The standard InChI is InChI=1S/C21H26N2OS2/c1-16(17-10-4-6-12-19(17)25)22-14-8-2-3-9-15-23-21(24)18-11-5-7-13-20(18)26/h4-7,10-13,22,25-26H,1-3,8-9,14-15H2,(H,23,24). The minimum Gasteiger partial charge on any atom is -0.385 e. The van der Waals surface area contributed by atoms with Crippen molar-refractivity contribution in [3.05, 3.63) is 66.2 Å². The molecule has 5 heteroatoms. The first-order valence-corrected chi connectivity index (χ1v) is 9.76. The van der Waals surface area contributed by atoms with E-state index in [4.69, 9.17) is 0 Å². The summed E-state index contributed by atoms with van der Waals surface area (Å²) in [6.45, 7) is 5.65. The SMILES string of the molecule is C=C(NCCCCCCNC(=O)c1ccccc1S)c1ccccc1S. The fraction of sp³-hybridized carbons (Fsp3) is 0.286. The van der Waals surface area contributed by atoms with E-state index in [9.17, 15) is 4.79 Å². The molecule has 0 fully saturated rings. The van der Waals surface area contributed by atoms with Crippen LogP contribution in [0.15, 0.2) is 64.9 Å². The number of rotatable bonds is 10. The van der Waals surface area contributed by atoms with Crippen LogP contribution < -0.4 is 10.6 Å². The summed E-state index contributed by atoms with van der Waals surface area (Å²) in [7, 11) is 0. The molecular weight excluding hydrogens is 360 g/mol. The number of carbonyl (C=O) groups is 1. The number of thiol groups is 2. The van der Waals surface area contributed by atoms with Crippen LogP contribution in [0.25, 0.3) is 5.70 Å². The second-order valence-corrected chi connectivity index (χ2v) is 7.07. The fourth-order valence-electron chi connectivity index (χ4n) is 2.63. The monoisotopic (exact) mass is 386 g/mol. The summed E-state index contributed by atoms with van der Waals surface area (Å²) >= 11 is 8.76. The number of benzene rings is 2. The maximum Gasteiger partial charge on any atom is 0.252 e. The number of hydrogen-bond donors (Lipinski definition) is 4. The Hall–Kier alpha value is -1.85. The number of nitrogens with one attached hydrogen (secondary N) is 2. The highest BCUT2D eigenvalue weighted by molar-refractivity contribution is 7.80. The zero-order valence-electron chi connectivity index (χ0n) is 14.9. The van der Waals surface area contributed by atoms with Crippen LogP contribution in [0.1, 0.15) is 41.6 Å². The van der Waals surface area contributed by atoms with Crippen LogP contribution in [-0.2, 0) is 0 Å². The van der Waals surface area contributed by atoms with Gasteiger partial charge in [-0.05, 0) is 31.0 Å². The van der Waals surface area contributed by atoms with Gasteiger partial charge in [0.05, 0.1) is 5.56 Å². The van der Waals surface area contributed by atoms with Crippen molar-refractivity contribution in [3.8, 4) is 0 Å². The van der Waals surface area contributed by atoms with Crippen LogP contribution in [0.3, 0.4) is 0 Å². The van der Waals surface area contributed by atoms with Gasteiger partial charge in [0.1, 0.15) is 0 Å². The summed E-state index contributed by atoms with van der Waals surface area (Å²) in [6.07, 6.45) is 4.24. The molecule has 2 aromatic carbocycles. The van der Waals surface area contributed by atoms with Gasteiger partial charge in [-0.3, -0.25) is 4.79 Å². The Morgan fingerprint density at radius 2 is 1.27 bits per heavy atom. The van der Waals surface area contributed by atoms with Crippen molar-refractivity contribution in [2.24, 2.45) is 0 Å². The topological polar surface area (TPSA) is 41.1 Å². The molecule has 2 aromatic rings. The van der Waals surface area contributed by atoms with Crippen molar-refractivity contribution in [1.82, 2.24) is 10.6 Å². The van der Waals surface area contributed by atoms with Gasteiger partial charge in [-0.15, -0.1) is 25.3 Å². The molecule has 0 saturated carbocycles. The first kappa shape index (κ1) is 20.5. The lowest BCUT2D eigenvalue weighted by Crippen LogP contribution is -2.24. The quantitative estimate of drug-likeness (QED) is 0.349. The average Bonchev–Trinajstić information content (AvgIpc) is 2.64. The van der Waals surface area contributed by atoms with E-state index in [1.165, 1.54) is 0 Å². The zero-order valence-corrected chi connectivity index (χ0v) is 16.7. The summed E-state index contributed by atoms with van der Waals surface area (Å²) in [5, 5.41) is 6.31. The highest BCUT2D eigenvalue weighted by Crippen LogP contribution is 2.18. The van der Waals surface area contributed by atoms with Crippen LogP contribution in [0.2, 0.25) is 0 Å². The first-order valence-electron chi connectivity index (χ1n) is 8.87. The zero-order chi connectivity index (χ0) is 18.8. The van der Waals surface area contributed by atoms with Crippen LogP contribution in [0.5, 0.6) is 0 Å². The fourth-order valence-corrected chi connectivity index (χ4v) is 3.19.